The molecule has 0 bridgehead atoms. The Bertz CT molecular complexity index is 515. The van der Waals surface area contributed by atoms with Crippen molar-refractivity contribution in [1.82, 2.24) is 0 Å². The van der Waals surface area contributed by atoms with E-state index in [1.165, 1.54) is 0 Å². The van der Waals surface area contributed by atoms with Gasteiger partial charge in [-0.15, -0.1) is 0 Å². The van der Waals surface area contributed by atoms with Gasteiger partial charge in [0.15, 0.2) is 0 Å². The normalized spacial score (nSPS) is 15.8. The second-order valence-electron chi connectivity index (χ2n) is 4.53. The maximum absolute atomic E-state index is 11.2. The molecule has 1 aromatic rings. The standard InChI is InChI=1S/C15H17NO3/c1-19-14-9-7-12(8-10-14)11-15(16(17)18)13-5-3-2-4-6-13/h5,7-11H,2-4,6H2,1H3/b15-11+. The largest absolute Gasteiger partial charge is 0.497 e. The van der Waals surface area contributed by atoms with Crippen LogP contribution in [0.1, 0.15) is 31.2 Å². The van der Waals surface area contributed by atoms with Crippen LogP contribution >= 0.6 is 0 Å². The average molecular weight is 259 g/mol. The lowest BCUT2D eigenvalue weighted by Crippen LogP contribution is -2.04. The van der Waals surface area contributed by atoms with Crippen molar-refractivity contribution >= 4 is 6.08 Å². The second kappa shape index (κ2) is 6.18. The first kappa shape index (κ1) is 13.3. The smallest absolute Gasteiger partial charge is 0.272 e. The number of allylic oxidation sites excluding steroid dienone is 2. The third-order valence-electron chi connectivity index (χ3n) is 3.24. The van der Waals surface area contributed by atoms with Crippen LogP contribution in [0.5, 0.6) is 5.75 Å². The van der Waals surface area contributed by atoms with Gasteiger partial charge in [-0.2, -0.15) is 0 Å². The highest BCUT2D eigenvalue weighted by molar-refractivity contribution is 5.56. The summed E-state index contributed by atoms with van der Waals surface area (Å²) in [6, 6.07) is 7.26. The Balaban J connectivity index is 2.29. The summed E-state index contributed by atoms with van der Waals surface area (Å²) < 4.78 is 5.07. The zero-order valence-corrected chi connectivity index (χ0v) is 11.0. The molecule has 0 N–H and O–H groups in total. The molecule has 1 aliphatic rings. The number of hydrogen-bond acceptors (Lipinski definition) is 3. The highest BCUT2D eigenvalue weighted by Crippen LogP contribution is 2.26. The Kier molecular flexibility index (Phi) is 4.34. The zero-order chi connectivity index (χ0) is 13.7. The third kappa shape index (κ3) is 3.44. The summed E-state index contributed by atoms with van der Waals surface area (Å²) in [6.07, 6.45) is 7.50. The molecule has 0 aliphatic heterocycles. The van der Waals surface area contributed by atoms with E-state index in [0.29, 0.717) is 0 Å². The molecule has 1 aromatic carbocycles. The minimum atomic E-state index is -0.290. The molecule has 0 saturated carbocycles. The van der Waals surface area contributed by atoms with Crippen molar-refractivity contribution in [2.75, 3.05) is 7.11 Å². The van der Waals surface area contributed by atoms with Crippen LogP contribution in [0.15, 0.2) is 41.6 Å². The van der Waals surface area contributed by atoms with Crippen molar-refractivity contribution in [3.8, 4) is 5.75 Å². The summed E-state index contributed by atoms with van der Waals surface area (Å²) in [7, 11) is 1.60. The Morgan fingerprint density at radius 1 is 1.32 bits per heavy atom. The van der Waals surface area contributed by atoms with E-state index in [-0.39, 0.29) is 10.6 Å². The van der Waals surface area contributed by atoms with E-state index < -0.39 is 0 Å². The lowest BCUT2D eigenvalue weighted by Gasteiger charge is -2.10. The van der Waals surface area contributed by atoms with Gasteiger partial charge >= 0.3 is 0 Å². The predicted molar refractivity (Wildman–Crippen MR) is 74.5 cm³/mol. The predicted octanol–water partition coefficient (Wildman–Crippen LogP) is 3.81. The van der Waals surface area contributed by atoms with Gasteiger partial charge in [0.2, 0.25) is 0 Å². The molecule has 0 aromatic heterocycles. The number of hydrogen-bond donors (Lipinski definition) is 0. The Morgan fingerprint density at radius 2 is 2.05 bits per heavy atom. The van der Waals surface area contributed by atoms with Gasteiger partial charge in [-0.3, -0.25) is 10.1 Å². The van der Waals surface area contributed by atoms with E-state index in [1.54, 1.807) is 25.3 Å². The Hall–Kier alpha value is -2.10. The van der Waals surface area contributed by atoms with Crippen molar-refractivity contribution in [1.29, 1.82) is 0 Å². The molecule has 100 valence electrons. The summed E-state index contributed by atoms with van der Waals surface area (Å²) in [5, 5.41) is 11.2. The molecule has 0 heterocycles. The van der Waals surface area contributed by atoms with E-state index in [1.807, 2.05) is 18.2 Å². The third-order valence-corrected chi connectivity index (χ3v) is 3.24. The number of rotatable bonds is 4. The molecule has 0 fully saturated rings. The molecule has 0 radical (unpaired) electrons. The molecule has 0 spiro atoms. The number of nitrogens with zero attached hydrogens (tertiary/aromatic N) is 1. The summed E-state index contributed by atoms with van der Waals surface area (Å²) in [6.45, 7) is 0. The van der Waals surface area contributed by atoms with Crippen molar-refractivity contribution in [2.45, 2.75) is 25.7 Å². The molecule has 0 atom stereocenters. The van der Waals surface area contributed by atoms with Crippen molar-refractivity contribution in [3.05, 3.63) is 57.3 Å². The zero-order valence-electron chi connectivity index (χ0n) is 11.0. The number of methoxy groups -OCH3 is 1. The SMILES string of the molecule is COc1ccc(/C=C(\C2=CCCCC2)[N+](=O)[O-])cc1. The molecule has 0 unspecified atom stereocenters. The van der Waals surface area contributed by atoms with Crippen LogP contribution in [0.2, 0.25) is 0 Å². The first-order chi connectivity index (χ1) is 9.20. The van der Waals surface area contributed by atoms with Crippen molar-refractivity contribution in [2.24, 2.45) is 0 Å². The van der Waals surface area contributed by atoms with E-state index >= 15 is 0 Å². The second-order valence-corrected chi connectivity index (χ2v) is 4.53. The Labute approximate surface area is 112 Å². The van der Waals surface area contributed by atoms with Gasteiger partial charge < -0.3 is 4.74 Å². The van der Waals surface area contributed by atoms with E-state index in [0.717, 1.165) is 42.6 Å². The average Bonchev–Trinajstić information content (AvgIpc) is 2.46. The van der Waals surface area contributed by atoms with Crippen LogP contribution in [-0.4, -0.2) is 12.0 Å². The molecular formula is C15H17NO3. The minimum Gasteiger partial charge on any atom is -0.497 e. The highest BCUT2D eigenvalue weighted by atomic mass is 16.6. The monoisotopic (exact) mass is 259 g/mol. The first-order valence-corrected chi connectivity index (χ1v) is 6.40. The van der Waals surface area contributed by atoms with Crippen LogP contribution in [0.4, 0.5) is 0 Å². The molecule has 0 amide bonds. The lowest BCUT2D eigenvalue weighted by molar-refractivity contribution is -0.419. The van der Waals surface area contributed by atoms with Gasteiger partial charge in [0.25, 0.3) is 5.70 Å². The Morgan fingerprint density at radius 3 is 2.58 bits per heavy atom. The summed E-state index contributed by atoms with van der Waals surface area (Å²) in [5.41, 5.74) is 1.89. The van der Waals surface area contributed by atoms with Crippen molar-refractivity contribution < 1.29 is 9.66 Å². The quantitative estimate of drug-likeness (QED) is 0.610. The molecular weight excluding hydrogens is 242 g/mol. The topological polar surface area (TPSA) is 52.4 Å². The number of ether oxygens (including phenoxy) is 1. The van der Waals surface area contributed by atoms with Crippen molar-refractivity contribution in [3.63, 3.8) is 0 Å². The van der Waals surface area contributed by atoms with Gasteiger partial charge in [-0.05, 0) is 43.4 Å². The summed E-state index contributed by atoms with van der Waals surface area (Å²) in [4.78, 5) is 10.9. The van der Waals surface area contributed by atoms with Crippen LogP contribution in [0.25, 0.3) is 6.08 Å². The lowest BCUT2D eigenvalue weighted by atomic mass is 9.96. The summed E-state index contributed by atoms with van der Waals surface area (Å²) in [5.74, 6) is 0.747. The summed E-state index contributed by atoms with van der Waals surface area (Å²) >= 11 is 0. The van der Waals surface area contributed by atoms with E-state index in [9.17, 15) is 10.1 Å². The first-order valence-electron chi connectivity index (χ1n) is 6.40. The van der Waals surface area contributed by atoms with Gasteiger partial charge in [-0.1, -0.05) is 18.2 Å². The highest BCUT2D eigenvalue weighted by Gasteiger charge is 2.18. The van der Waals surface area contributed by atoms with Gasteiger partial charge in [-0.25, -0.2) is 0 Å². The van der Waals surface area contributed by atoms with Crippen LogP contribution < -0.4 is 4.74 Å². The fraction of sp³-hybridized carbons (Fsp3) is 0.333. The number of benzene rings is 1. The maximum atomic E-state index is 11.2. The fourth-order valence-electron chi connectivity index (χ4n) is 2.19. The van der Waals surface area contributed by atoms with Crippen LogP contribution in [-0.2, 0) is 0 Å². The fourth-order valence-corrected chi connectivity index (χ4v) is 2.19. The van der Waals surface area contributed by atoms with Gasteiger partial charge in [0.05, 0.1) is 12.0 Å². The van der Waals surface area contributed by atoms with Gasteiger partial charge in [0, 0.05) is 11.6 Å². The molecule has 4 heteroatoms. The van der Waals surface area contributed by atoms with Crippen LogP contribution in [0, 0.1) is 10.1 Å². The van der Waals surface area contributed by atoms with E-state index in [2.05, 4.69) is 0 Å². The molecule has 0 saturated heterocycles. The molecule has 1 aliphatic carbocycles. The molecule has 4 nitrogen and oxygen atoms in total. The number of nitro groups is 1. The molecule has 19 heavy (non-hydrogen) atoms. The molecule has 2 rings (SSSR count). The van der Waals surface area contributed by atoms with Gasteiger partial charge in [0.1, 0.15) is 5.75 Å². The van der Waals surface area contributed by atoms with E-state index in [4.69, 9.17) is 4.74 Å². The van der Waals surface area contributed by atoms with Crippen LogP contribution in [0.3, 0.4) is 0 Å². The minimum absolute atomic E-state index is 0.213. The maximum Gasteiger partial charge on any atom is 0.272 e.